The lowest BCUT2D eigenvalue weighted by atomic mass is 10.2. The van der Waals surface area contributed by atoms with Crippen molar-refractivity contribution in [1.82, 2.24) is 5.32 Å². The Hall–Kier alpha value is -1.69. The summed E-state index contributed by atoms with van der Waals surface area (Å²) in [5.41, 5.74) is 1.08. The predicted octanol–water partition coefficient (Wildman–Crippen LogP) is 1.27. The van der Waals surface area contributed by atoms with Crippen molar-refractivity contribution in [2.24, 2.45) is 0 Å². The fourth-order valence-electron chi connectivity index (χ4n) is 1.87. The van der Waals surface area contributed by atoms with Gasteiger partial charge in [-0.15, -0.1) is 11.8 Å². The van der Waals surface area contributed by atoms with Crippen LogP contribution in [-0.4, -0.2) is 35.4 Å². The number of carbonyl (C=O) groups excluding carboxylic acids is 1. The number of hydrogen-bond acceptors (Lipinski definition) is 4. The van der Waals surface area contributed by atoms with E-state index in [-0.39, 0.29) is 11.2 Å². The van der Waals surface area contributed by atoms with Gasteiger partial charge in [-0.3, -0.25) is 4.79 Å². The summed E-state index contributed by atoms with van der Waals surface area (Å²) in [5.74, 6) is 0.305. The molecule has 2 N–H and O–H groups in total. The van der Waals surface area contributed by atoms with Crippen LogP contribution < -0.4 is 10.1 Å². The van der Waals surface area contributed by atoms with Crippen LogP contribution in [0.25, 0.3) is 0 Å². The topological polar surface area (TPSA) is 75.6 Å². The predicted molar refractivity (Wildman–Crippen MR) is 72.3 cm³/mol. The Morgan fingerprint density at radius 1 is 1.47 bits per heavy atom. The van der Waals surface area contributed by atoms with E-state index in [4.69, 9.17) is 9.84 Å². The zero-order valence-electron chi connectivity index (χ0n) is 10.5. The Labute approximate surface area is 115 Å². The molecular weight excluding hydrogens is 266 g/mol. The van der Waals surface area contributed by atoms with Gasteiger partial charge in [0.15, 0.2) is 0 Å². The molecule has 1 unspecified atom stereocenters. The minimum Gasteiger partial charge on any atom is -0.497 e. The lowest BCUT2D eigenvalue weighted by Gasteiger charge is -2.07. The number of ether oxygens (including phenoxy) is 1. The highest BCUT2D eigenvalue weighted by Crippen LogP contribution is 2.26. The van der Waals surface area contributed by atoms with Crippen LogP contribution in [0.15, 0.2) is 24.3 Å². The molecule has 2 rings (SSSR count). The molecule has 1 aliphatic heterocycles. The third kappa shape index (κ3) is 3.41. The lowest BCUT2D eigenvalue weighted by Crippen LogP contribution is -2.33. The molecule has 5 nitrogen and oxygen atoms in total. The van der Waals surface area contributed by atoms with Crippen molar-refractivity contribution in [3.63, 3.8) is 0 Å². The third-order valence-corrected chi connectivity index (χ3v) is 4.28. The molecule has 0 radical (unpaired) electrons. The second-order valence-electron chi connectivity index (χ2n) is 4.28. The van der Waals surface area contributed by atoms with E-state index < -0.39 is 12.0 Å². The number of hydrogen-bond donors (Lipinski definition) is 2. The number of thioether (sulfide) groups is 1. The second-order valence-corrected chi connectivity index (χ2v) is 5.47. The highest BCUT2D eigenvalue weighted by Gasteiger charge is 2.36. The van der Waals surface area contributed by atoms with Crippen molar-refractivity contribution in [1.29, 1.82) is 0 Å². The van der Waals surface area contributed by atoms with Gasteiger partial charge in [0.25, 0.3) is 0 Å². The van der Waals surface area contributed by atoms with Crippen LogP contribution in [-0.2, 0) is 15.3 Å². The Bertz CT molecular complexity index is 474. The largest absolute Gasteiger partial charge is 0.497 e. The molecular formula is C13H15NO4S. The maximum atomic E-state index is 11.6. The van der Waals surface area contributed by atoms with E-state index in [9.17, 15) is 9.59 Å². The van der Waals surface area contributed by atoms with Gasteiger partial charge in [0.2, 0.25) is 5.91 Å². The summed E-state index contributed by atoms with van der Waals surface area (Å²) in [6.07, 6.45) is 0.342. The monoisotopic (exact) mass is 281 g/mol. The van der Waals surface area contributed by atoms with Gasteiger partial charge >= 0.3 is 5.97 Å². The Balaban J connectivity index is 1.88. The molecule has 0 saturated carbocycles. The summed E-state index contributed by atoms with van der Waals surface area (Å²) < 4.78 is 5.07. The van der Waals surface area contributed by atoms with Crippen LogP contribution in [0, 0.1) is 0 Å². The van der Waals surface area contributed by atoms with Crippen molar-refractivity contribution in [3.05, 3.63) is 29.8 Å². The van der Waals surface area contributed by atoms with E-state index in [1.54, 1.807) is 7.11 Å². The number of nitrogens with one attached hydrogen (secondary N) is 1. The van der Waals surface area contributed by atoms with Gasteiger partial charge in [-0.25, -0.2) is 4.79 Å². The smallest absolute Gasteiger partial charge is 0.326 e. The van der Waals surface area contributed by atoms with Crippen LogP contribution >= 0.6 is 11.8 Å². The highest BCUT2D eigenvalue weighted by atomic mass is 32.2. The van der Waals surface area contributed by atoms with Crippen LogP contribution in [0.2, 0.25) is 0 Å². The number of rotatable bonds is 5. The van der Waals surface area contributed by atoms with Crippen LogP contribution in [0.1, 0.15) is 12.0 Å². The van der Waals surface area contributed by atoms with E-state index in [1.165, 1.54) is 11.8 Å². The minimum absolute atomic E-state index is 0.189. The lowest BCUT2D eigenvalue weighted by molar-refractivity contribution is -0.140. The maximum absolute atomic E-state index is 11.6. The Kier molecular flexibility index (Phi) is 4.31. The number of carboxylic acid groups (broad SMARTS) is 1. The third-order valence-electron chi connectivity index (χ3n) is 2.97. The molecule has 2 atom stereocenters. The van der Waals surface area contributed by atoms with Gasteiger partial charge in [0, 0.05) is 5.75 Å². The SMILES string of the molecule is COc1ccc(CSC2C[C@@H](C(=O)O)NC2=O)cc1. The standard InChI is InChI=1S/C13H15NO4S/c1-18-9-4-2-8(3-5-9)7-19-11-6-10(13(16)17)14-12(11)15/h2-5,10-11H,6-7H2,1H3,(H,14,15)(H,16,17)/t10-,11?/m0/s1. The summed E-state index contributed by atoms with van der Waals surface area (Å²) in [7, 11) is 1.61. The fraction of sp³-hybridized carbons (Fsp3) is 0.385. The molecule has 6 heteroatoms. The first-order valence-electron chi connectivity index (χ1n) is 5.88. The normalized spacial score (nSPS) is 22.1. The summed E-state index contributed by atoms with van der Waals surface area (Å²) in [6, 6.07) is 6.86. The van der Waals surface area contributed by atoms with Crippen LogP contribution in [0.4, 0.5) is 0 Å². The maximum Gasteiger partial charge on any atom is 0.326 e. The van der Waals surface area contributed by atoms with Crippen molar-refractivity contribution in [2.45, 2.75) is 23.5 Å². The van der Waals surface area contributed by atoms with Crippen molar-refractivity contribution in [2.75, 3.05) is 7.11 Å². The van der Waals surface area contributed by atoms with Gasteiger partial charge < -0.3 is 15.2 Å². The molecule has 1 aromatic rings. The highest BCUT2D eigenvalue weighted by molar-refractivity contribution is 7.99. The van der Waals surface area contributed by atoms with Crippen molar-refractivity contribution < 1.29 is 19.4 Å². The molecule has 0 spiro atoms. The number of methoxy groups -OCH3 is 1. The molecule has 19 heavy (non-hydrogen) atoms. The molecule has 1 amide bonds. The molecule has 0 aliphatic carbocycles. The summed E-state index contributed by atoms with van der Waals surface area (Å²) in [5, 5.41) is 11.0. The zero-order chi connectivity index (χ0) is 13.8. The van der Waals surface area contributed by atoms with E-state index in [1.807, 2.05) is 24.3 Å². The van der Waals surface area contributed by atoms with Crippen LogP contribution in [0.5, 0.6) is 5.75 Å². The first-order chi connectivity index (χ1) is 9.10. The molecule has 1 aliphatic rings. The summed E-state index contributed by atoms with van der Waals surface area (Å²) >= 11 is 1.46. The number of benzene rings is 1. The number of aliphatic carboxylic acids is 1. The molecule has 0 aromatic heterocycles. The van der Waals surface area contributed by atoms with E-state index in [0.29, 0.717) is 12.2 Å². The Morgan fingerprint density at radius 2 is 2.16 bits per heavy atom. The quantitative estimate of drug-likeness (QED) is 0.850. The van der Waals surface area contributed by atoms with Gasteiger partial charge in [-0.05, 0) is 24.1 Å². The molecule has 1 heterocycles. The summed E-state index contributed by atoms with van der Waals surface area (Å²) in [4.78, 5) is 22.4. The number of carbonyl (C=O) groups is 2. The average molecular weight is 281 g/mol. The molecule has 1 aromatic carbocycles. The van der Waals surface area contributed by atoms with E-state index in [0.717, 1.165) is 11.3 Å². The van der Waals surface area contributed by atoms with Crippen molar-refractivity contribution >= 4 is 23.6 Å². The molecule has 1 fully saturated rings. The first kappa shape index (κ1) is 13.7. The van der Waals surface area contributed by atoms with Gasteiger partial charge in [-0.1, -0.05) is 12.1 Å². The molecule has 1 saturated heterocycles. The number of amides is 1. The molecule has 102 valence electrons. The van der Waals surface area contributed by atoms with E-state index >= 15 is 0 Å². The van der Waals surface area contributed by atoms with Gasteiger partial charge in [0.05, 0.1) is 12.4 Å². The van der Waals surface area contributed by atoms with Gasteiger partial charge in [0.1, 0.15) is 11.8 Å². The zero-order valence-corrected chi connectivity index (χ0v) is 11.3. The molecule has 0 bridgehead atoms. The van der Waals surface area contributed by atoms with E-state index in [2.05, 4.69) is 5.32 Å². The first-order valence-corrected chi connectivity index (χ1v) is 6.92. The number of carboxylic acids is 1. The second kappa shape index (κ2) is 5.97. The average Bonchev–Trinajstić information content (AvgIpc) is 2.79. The van der Waals surface area contributed by atoms with Crippen molar-refractivity contribution in [3.8, 4) is 5.75 Å². The van der Waals surface area contributed by atoms with Gasteiger partial charge in [-0.2, -0.15) is 0 Å². The fourth-order valence-corrected chi connectivity index (χ4v) is 3.00. The van der Waals surface area contributed by atoms with Crippen LogP contribution in [0.3, 0.4) is 0 Å². The Morgan fingerprint density at radius 3 is 2.68 bits per heavy atom. The summed E-state index contributed by atoms with van der Waals surface area (Å²) in [6.45, 7) is 0. The minimum atomic E-state index is -0.971.